The highest BCUT2D eigenvalue weighted by Crippen LogP contribution is 2.09. The molecule has 4 amide bonds. The highest BCUT2D eigenvalue weighted by atomic mass is 127. The van der Waals surface area contributed by atoms with E-state index in [4.69, 9.17) is 0 Å². The minimum absolute atomic E-state index is 0. The predicted octanol–water partition coefficient (Wildman–Crippen LogP) is -0.638. The lowest BCUT2D eigenvalue weighted by atomic mass is 10.3. The number of aliphatic imine (C=N–C) groups is 1. The number of carbonyl (C=O) groups excluding carboxylic acids is 3. The Morgan fingerprint density at radius 1 is 1.07 bits per heavy atom. The van der Waals surface area contributed by atoms with Gasteiger partial charge < -0.3 is 20.4 Å². The molecule has 0 unspecified atom stereocenters. The standard InChI is InChI=1S/C18H31N7O3.HI/c1-2-19-17(20-5-8-25-15(26)13-21-18(25)28)24-11-9-22(10-12-24)14-16(27)23-6-3-4-7-23;/h2-14H2,1H3,(H,19,20)(H,21,28);1H. The SMILES string of the molecule is CCNC(=NCCN1C(=O)CNC1=O)N1CCN(CC(=O)N2CCCC2)CC1.I. The van der Waals surface area contributed by atoms with E-state index in [9.17, 15) is 14.4 Å². The number of guanidine groups is 1. The number of likely N-dealkylation sites (tertiary alicyclic amines) is 1. The fraction of sp³-hybridized carbons (Fsp3) is 0.778. The Kier molecular flexibility index (Phi) is 9.40. The molecular formula is C18H32IN7O3. The summed E-state index contributed by atoms with van der Waals surface area (Å²) < 4.78 is 0. The van der Waals surface area contributed by atoms with Crippen LogP contribution in [-0.4, -0.2) is 115 Å². The maximum absolute atomic E-state index is 12.3. The molecule has 3 rings (SSSR count). The molecule has 0 atom stereocenters. The van der Waals surface area contributed by atoms with Gasteiger partial charge in [-0.25, -0.2) is 4.79 Å². The molecule has 0 aromatic carbocycles. The molecule has 0 bridgehead atoms. The lowest BCUT2D eigenvalue weighted by Crippen LogP contribution is -2.54. The first-order chi connectivity index (χ1) is 13.6. The Bertz CT molecular complexity index is 601. The third-order valence-electron chi connectivity index (χ3n) is 5.35. The number of halogens is 1. The molecular weight excluding hydrogens is 489 g/mol. The molecule has 3 aliphatic rings. The van der Waals surface area contributed by atoms with Gasteiger partial charge in [-0.1, -0.05) is 0 Å². The maximum Gasteiger partial charge on any atom is 0.324 e. The number of amides is 4. The lowest BCUT2D eigenvalue weighted by molar-refractivity contribution is -0.131. The van der Waals surface area contributed by atoms with Gasteiger partial charge in [0.05, 0.1) is 26.2 Å². The zero-order chi connectivity index (χ0) is 19.9. The zero-order valence-electron chi connectivity index (χ0n) is 17.1. The van der Waals surface area contributed by atoms with Crippen molar-refractivity contribution >= 4 is 47.8 Å². The summed E-state index contributed by atoms with van der Waals surface area (Å²) >= 11 is 0. The van der Waals surface area contributed by atoms with Gasteiger partial charge in [-0.2, -0.15) is 0 Å². The van der Waals surface area contributed by atoms with Crippen LogP contribution >= 0.6 is 24.0 Å². The second-order valence-corrected chi connectivity index (χ2v) is 7.29. The van der Waals surface area contributed by atoms with Gasteiger partial charge >= 0.3 is 6.03 Å². The Labute approximate surface area is 189 Å². The first-order valence-corrected chi connectivity index (χ1v) is 10.2. The van der Waals surface area contributed by atoms with Crippen LogP contribution in [-0.2, 0) is 9.59 Å². The van der Waals surface area contributed by atoms with E-state index in [1.54, 1.807) is 0 Å². The predicted molar refractivity (Wildman–Crippen MR) is 120 cm³/mol. The van der Waals surface area contributed by atoms with Crippen LogP contribution in [0.25, 0.3) is 0 Å². The van der Waals surface area contributed by atoms with Crippen molar-refractivity contribution < 1.29 is 14.4 Å². The summed E-state index contributed by atoms with van der Waals surface area (Å²) in [6.07, 6.45) is 2.24. The second kappa shape index (κ2) is 11.5. The van der Waals surface area contributed by atoms with Crippen LogP contribution in [0.4, 0.5) is 4.79 Å². The molecule has 11 heteroatoms. The van der Waals surface area contributed by atoms with Gasteiger partial charge in [-0.3, -0.25) is 24.4 Å². The molecule has 29 heavy (non-hydrogen) atoms. The molecule has 3 saturated heterocycles. The minimum Gasteiger partial charge on any atom is -0.357 e. The number of nitrogens with zero attached hydrogens (tertiary/aromatic N) is 5. The van der Waals surface area contributed by atoms with Crippen molar-refractivity contribution in [2.24, 2.45) is 4.99 Å². The zero-order valence-corrected chi connectivity index (χ0v) is 19.4. The van der Waals surface area contributed by atoms with E-state index < -0.39 is 0 Å². The summed E-state index contributed by atoms with van der Waals surface area (Å²) in [4.78, 5) is 47.7. The second-order valence-electron chi connectivity index (χ2n) is 7.29. The van der Waals surface area contributed by atoms with Crippen LogP contribution in [0, 0.1) is 0 Å². The maximum atomic E-state index is 12.3. The Hall–Kier alpha value is -1.63. The van der Waals surface area contributed by atoms with E-state index in [-0.39, 0.29) is 54.9 Å². The van der Waals surface area contributed by atoms with Gasteiger partial charge in [0.2, 0.25) is 11.8 Å². The van der Waals surface area contributed by atoms with Crippen LogP contribution in [0.1, 0.15) is 19.8 Å². The first kappa shape index (κ1) is 23.6. The van der Waals surface area contributed by atoms with Gasteiger partial charge in [0.1, 0.15) is 0 Å². The molecule has 3 fully saturated rings. The summed E-state index contributed by atoms with van der Waals surface area (Å²) in [7, 11) is 0. The van der Waals surface area contributed by atoms with Gasteiger partial charge in [-0.15, -0.1) is 24.0 Å². The van der Waals surface area contributed by atoms with Crippen LogP contribution in [0.3, 0.4) is 0 Å². The molecule has 0 saturated carbocycles. The van der Waals surface area contributed by atoms with Crippen LogP contribution in [0.15, 0.2) is 4.99 Å². The van der Waals surface area contributed by atoms with E-state index in [2.05, 4.69) is 25.4 Å². The van der Waals surface area contributed by atoms with Crippen LogP contribution in [0.5, 0.6) is 0 Å². The summed E-state index contributed by atoms with van der Waals surface area (Å²) in [5.41, 5.74) is 0. The van der Waals surface area contributed by atoms with Crippen LogP contribution < -0.4 is 10.6 Å². The molecule has 0 aromatic heterocycles. The molecule has 0 spiro atoms. The van der Waals surface area contributed by atoms with E-state index in [0.29, 0.717) is 13.1 Å². The number of hydrogen-bond donors (Lipinski definition) is 2. The Morgan fingerprint density at radius 3 is 2.34 bits per heavy atom. The summed E-state index contributed by atoms with van der Waals surface area (Å²) in [6, 6.07) is -0.346. The average Bonchev–Trinajstić information content (AvgIpc) is 3.33. The smallest absolute Gasteiger partial charge is 0.324 e. The third-order valence-corrected chi connectivity index (χ3v) is 5.35. The Balaban J connectivity index is 0.00000300. The summed E-state index contributed by atoms with van der Waals surface area (Å²) in [6.45, 7) is 8.99. The van der Waals surface area contributed by atoms with Crippen molar-refractivity contribution in [3.05, 3.63) is 0 Å². The highest BCUT2D eigenvalue weighted by Gasteiger charge is 2.28. The number of hydrogen-bond acceptors (Lipinski definition) is 5. The number of carbonyl (C=O) groups is 3. The molecule has 0 radical (unpaired) electrons. The molecule has 3 aliphatic heterocycles. The number of imide groups is 1. The van der Waals surface area contributed by atoms with Crippen molar-refractivity contribution in [3.8, 4) is 0 Å². The fourth-order valence-electron chi connectivity index (χ4n) is 3.74. The van der Waals surface area contributed by atoms with E-state index >= 15 is 0 Å². The molecule has 164 valence electrons. The first-order valence-electron chi connectivity index (χ1n) is 10.2. The lowest BCUT2D eigenvalue weighted by Gasteiger charge is -2.36. The molecule has 10 nitrogen and oxygen atoms in total. The quantitative estimate of drug-likeness (QED) is 0.209. The Morgan fingerprint density at radius 2 is 1.76 bits per heavy atom. The van der Waals surface area contributed by atoms with Gasteiger partial charge in [-0.05, 0) is 19.8 Å². The molecule has 0 aliphatic carbocycles. The average molecular weight is 521 g/mol. The van der Waals surface area contributed by atoms with E-state index in [1.165, 1.54) is 4.90 Å². The monoisotopic (exact) mass is 521 g/mol. The fourth-order valence-corrected chi connectivity index (χ4v) is 3.74. The third kappa shape index (κ3) is 6.43. The van der Waals surface area contributed by atoms with E-state index in [0.717, 1.165) is 64.6 Å². The van der Waals surface area contributed by atoms with Crippen molar-refractivity contribution in [3.63, 3.8) is 0 Å². The molecule has 3 heterocycles. The molecule has 0 aromatic rings. The van der Waals surface area contributed by atoms with Crippen molar-refractivity contribution in [1.29, 1.82) is 0 Å². The van der Waals surface area contributed by atoms with Crippen molar-refractivity contribution in [1.82, 2.24) is 30.2 Å². The minimum atomic E-state index is -0.346. The van der Waals surface area contributed by atoms with Gasteiger partial charge in [0, 0.05) is 45.8 Å². The van der Waals surface area contributed by atoms with Crippen molar-refractivity contribution in [2.45, 2.75) is 19.8 Å². The van der Waals surface area contributed by atoms with E-state index in [1.807, 2.05) is 11.8 Å². The summed E-state index contributed by atoms with van der Waals surface area (Å²) in [5, 5.41) is 5.79. The van der Waals surface area contributed by atoms with Crippen LogP contribution in [0.2, 0.25) is 0 Å². The highest BCUT2D eigenvalue weighted by molar-refractivity contribution is 14.0. The van der Waals surface area contributed by atoms with Gasteiger partial charge in [0.25, 0.3) is 0 Å². The van der Waals surface area contributed by atoms with Crippen molar-refractivity contribution in [2.75, 3.05) is 72.0 Å². The normalized spacial score (nSPS) is 20.7. The number of rotatable bonds is 6. The molecule has 2 N–H and O–H groups in total. The largest absolute Gasteiger partial charge is 0.357 e. The number of urea groups is 1. The number of piperazine rings is 1. The topological polar surface area (TPSA) is 101 Å². The van der Waals surface area contributed by atoms with Gasteiger partial charge in [0.15, 0.2) is 5.96 Å². The summed E-state index contributed by atoms with van der Waals surface area (Å²) in [5.74, 6) is 0.821. The number of nitrogens with one attached hydrogen (secondary N) is 2.